The van der Waals surface area contributed by atoms with Gasteiger partial charge in [0.1, 0.15) is 0 Å². The van der Waals surface area contributed by atoms with E-state index in [0.717, 1.165) is 12.5 Å². The van der Waals surface area contributed by atoms with Crippen LogP contribution in [0, 0.1) is 5.92 Å². The average molecular weight is 245 g/mol. The Morgan fingerprint density at radius 3 is 2.22 bits per heavy atom. The summed E-state index contributed by atoms with van der Waals surface area (Å²) < 4.78 is 0. The quantitative estimate of drug-likeness (QED) is 0.737. The van der Waals surface area contributed by atoms with E-state index >= 15 is 0 Å². The highest BCUT2D eigenvalue weighted by Gasteiger charge is 2.22. The summed E-state index contributed by atoms with van der Waals surface area (Å²) in [5.74, 6) is 1.66. The normalized spacial score (nSPS) is 17.1. The fourth-order valence-corrected chi connectivity index (χ4v) is 2.56. The molecule has 0 heterocycles. The summed E-state index contributed by atoms with van der Waals surface area (Å²) in [5.41, 5.74) is 2.90. The van der Waals surface area contributed by atoms with Crippen LogP contribution in [-0.4, -0.2) is 6.54 Å². The highest BCUT2D eigenvalue weighted by atomic mass is 14.9. The van der Waals surface area contributed by atoms with Crippen LogP contribution in [0.4, 0.5) is 0 Å². The maximum Gasteiger partial charge on any atom is 0.0320 e. The third kappa shape index (κ3) is 3.84. The first-order valence-corrected chi connectivity index (χ1v) is 7.54. The van der Waals surface area contributed by atoms with Gasteiger partial charge in [-0.25, -0.2) is 0 Å². The molecule has 1 aromatic carbocycles. The molecule has 18 heavy (non-hydrogen) atoms. The molecule has 1 heteroatoms. The second kappa shape index (κ2) is 6.38. The summed E-state index contributed by atoms with van der Waals surface area (Å²) in [4.78, 5) is 0. The van der Waals surface area contributed by atoms with Gasteiger partial charge in [0.25, 0.3) is 0 Å². The molecule has 0 aliphatic heterocycles. The van der Waals surface area contributed by atoms with E-state index in [1.807, 2.05) is 0 Å². The Kier molecular flexibility index (Phi) is 4.82. The standard InChI is InChI=1S/C17H27N/c1-4-18-17(12-7-14-5-6-14)16-10-8-15(9-11-16)13(2)3/h8-11,13-14,17-18H,4-7,12H2,1-3H3. The van der Waals surface area contributed by atoms with Crippen molar-refractivity contribution >= 4 is 0 Å². The van der Waals surface area contributed by atoms with Crippen molar-refractivity contribution in [3.8, 4) is 0 Å². The molecule has 100 valence electrons. The monoisotopic (exact) mass is 245 g/mol. The highest BCUT2D eigenvalue weighted by molar-refractivity contribution is 5.26. The number of nitrogens with one attached hydrogen (secondary N) is 1. The molecule has 1 fully saturated rings. The molecule has 1 unspecified atom stereocenters. The van der Waals surface area contributed by atoms with Crippen LogP contribution in [0.1, 0.15) is 69.5 Å². The van der Waals surface area contributed by atoms with Crippen molar-refractivity contribution in [2.75, 3.05) is 6.54 Å². The van der Waals surface area contributed by atoms with E-state index in [-0.39, 0.29) is 0 Å². The molecule has 0 aromatic heterocycles. The molecular weight excluding hydrogens is 218 g/mol. The molecule has 0 bridgehead atoms. The van der Waals surface area contributed by atoms with Gasteiger partial charge in [-0.2, -0.15) is 0 Å². The Bertz CT molecular complexity index is 348. The van der Waals surface area contributed by atoms with Crippen molar-refractivity contribution in [1.29, 1.82) is 0 Å². The molecule has 1 aromatic rings. The van der Waals surface area contributed by atoms with Crippen molar-refractivity contribution in [2.24, 2.45) is 5.92 Å². The van der Waals surface area contributed by atoms with Crippen molar-refractivity contribution in [3.05, 3.63) is 35.4 Å². The molecule has 0 spiro atoms. The Balaban J connectivity index is 1.98. The van der Waals surface area contributed by atoms with Crippen molar-refractivity contribution in [2.45, 2.75) is 58.4 Å². The number of hydrogen-bond acceptors (Lipinski definition) is 1. The number of rotatable bonds is 7. The van der Waals surface area contributed by atoms with E-state index in [0.29, 0.717) is 12.0 Å². The Morgan fingerprint density at radius 2 is 1.72 bits per heavy atom. The predicted molar refractivity (Wildman–Crippen MR) is 78.9 cm³/mol. The SMILES string of the molecule is CCNC(CCC1CC1)c1ccc(C(C)C)cc1. The molecule has 1 saturated carbocycles. The largest absolute Gasteiger partial charge is 0.310 e. The summed E-state index contributed by atoms with van der Waals surface area (Å²) in [7, 11) is 0. The molecular formula is C17H27N. The zero-order valence-electron chi connectivity index (χ0n) is 12.1. The van der Waals surface area contributed by atoms with E-state index in [1.165, 1.54) is 36.8 Å². The lowest BCUT2D eigenvalue weighted by Gasteiger charge is -2.19. The minimum atomic E-state index is 0.553. The molecule has 2 rings (SSSR count). The summed E-state index contributed by atoms with van der Waals surface area (Å²) in [6, 6.07) is 9.77. The van der Waals surface area contributed by atoms with Gasteiger partial charge in [0.15, 0.2) is 0 Å². The molecule has 1 nitrogen and oxygen atoms in total. The minimum Gasteiger partial charge on any atom is -0.310 e. The fourth-order valence-electron chi connectivity index (χ4n) is 2.56. The van der Waals surface area contributed by atoms with E-state index in [2.05, 4.69) is 50.4 Å². The van der Waals surface area contributed by atoms with Crippen LogP contribution in [0.15, 0.2) is 24.3 Å². The third-order valence-corrected chi connectivity index (χ3v) is 4.02. The van der Waals surface area contributed by atoms with Crippen LogP contribution in [0.25, 0.3) is 0 Å². The maximum atomic E-state index is 3.63. The van der Waals surface area contributed by atoms with Crippen LogP contribution in [0.3, 0.4) is 0 Å². The first kappa shape index (κ1) is 13.6. The molecule has 1 aliphatic rings. The van der Waals surface area contributed by atoms with Gasteiger partial charge in [-0.05, 0) is 42.3 Å². The van der Waals surface area contributed by atoms with Gasteiger partial charge in [-0.3, -0.25) is 0 Å². The lowest BCUT2D eigenvalue weighted by atomic mass is 9.96. The van der Waals surface area contributed by atoms with E-state index in [1.54, 1.807) is 0 Å². The van der Waals surface area contributed by atoms with E-state index in [9.17, 15) is 0 Å². The molecule has 1 N–H and O–H groups in total. The molecule has 0 amide bonds. The third-order valence-electron chi connectivity index (χ3n) is 4.02. The van der Waals surface area contributed by atoms with Gasteiger partial charge in [0, 0.05) is 6.04 Å². The average Bonchev–Trinajstić information content (AvgIpc) is 3.18. The molecule has 1 aliphatic carbocycles. The van der Waals surface area contributed by atoms with Crippen LogP contribution < -0.4 is 5.32 Å². The zero-order valence-corrected chi connectivity index (χ0v) is 12.1. The second-order valence-corrected chi connectivity index (χ2v) is 5.95. The Labute approximate surface area is 112 Å². The van der Waals surface area contributed by atoms with Crippen molar-refractivity contribution in [3.63, 3.8) is 0 Å². The van der Waals surface area contributed by atoms with Gasteiger partial charge in [-0.1, -0.05) is 57.9 Å². The molecule has 1 atom stereocenters. The van der Waals surface area contributed by atoms with E-state index in [4.69, 9.17) is 0 Å². The first-order valence-electron chi connectivity index (χ1n) is 7.54. The summed E-state index contributed by atoms with van der Waals surface area (Å²) in [6.45, 7) is 7.77. The zero-order chi connectivity index (χ0) is 13.0. The van der Waals surface area contributed by atoms with Gasteiger partial charge >= 0.3 is 0 Å². The van der Waals surface area contributed by atoms with Crippen molar-refractivity contribution in [1.82, 2.24) is 5.32 Å². The molecule has 0 saturated heterocycles. The van der Waals surface area contributed by atoms with Gasteiger partial charge < -0.3 is 5.32 Å². The van der Waals surface area contributed by atoms with Crippen LogP contribution in [-0.2, 0) is 0 Å². The van der Waals surface area contributed by atoms with Crippen LogP contribution >= 0.6 is 0 Å². The van der Waals surface area contributed by atoms with Gasteiger partial charge in [0.05, 0.1) is 0 Å². The minimum absolute atomic E-state index is 0.553. The second-order valence-electron chi connectivity index (χ2n) is 5.95. The Morgan fingerprint density at radius 1 is 1.11 bits per heavy atom. The van der Waals surface area contributed by atoms with E-state index < -0.39 is 0 Å². The predicted octanol–water partition coefficient (Wildman–Crippen LogP) is 4.65. The molecule has 0 radical (unpaired) electrons. The number of benzene rings is 1. The topological polar surface area (TPSA) is 12.0 Å². The van der Waals surface area contributed by atoms with Crippen LogP contribution in [0.2, 0.25) is 0 Å². The maximum absolute atomic E-state index is 3.63. The lowest BCUT2D eigenvalue weighted by Crippen LogP contribution is -2.21. The number of hydrogen-bond donors (Lipinski definition) is 1. The van der Waals surface area contributed by atoms with Gasteiger partial charge in [-0.15, -0.1) is 0 Å². The van der Waals surface area contributed by atoms with Crippen LogP contribution in [0.5, 0.6) is 0 Å². The Hall–Kier alpha value is -0.820. The fraction of sp³-hybridized carbons (Fsp3) is 0.647. The highest BCUT2D eigenvalue weighted by Crippen LogP contribution is 2.36. The van der Waals surface area contributed by atoms with Gasteiger partial charge in [0.2, 0.25) is 0 Å². The lowest BCUT2D eigenvalue weighted by molar-refractivity contribution is 0.481. The summed E-state index contributed by atoms with van der Waals surface area (Å²) in [6.07, 6.45) is 5.61. The smallest absolute Gasteiger partial charge is 0.0320 e. The summed E-state index contributed by atoms with van der Waals surface area (Å²) >= 11 is 0. The summed E-state index contributed by atoms with van der Waals surface area (Å²) in [5, 5.41) is 3.63. The first-order chi connectivity index (χ1) is 8.70. The van der Waals surface area contributed by atoms with Crippen molar-refractivity contribution < 1.29 is 0 Å².